The lowest BCUT2D eigenvalue weighted by atomic mass is 10.2. The number of aromatic nitrogens is 2. The summed E-state index contributed by atoms with van der Waals surface area (Å²) in [6, 6.07) is 6.48. The summed E-state index contributed by atoms with van der Waals surface area (Å²) >= 11 is 0. The Morgan fingerprint density at radius 3 is 3.22 bits per heavy atom. The van der Waals surface area contributed by atoms with Gasteiger partial charge in [-0.15, -0.1) is 0 Å². The second-order valence-corrected chi connectivity index (χ2v) is 4.76. The van der Waals surface area contributed by atoms with Crippen LogP contribution < -0.4 is 11.1 Å². The first-order chi connectivity index (χ1) is 8.86. The van der Waals surface area contributed by atoms with Crippen molar-refractivity contribution in [2.45, 2.75) is 12.6 Å². The molecule has 1 unspecified atom stereocenters. The summed E-state index contributed by atoms with van der Waals surface area (Å²) in [4.78, 5) is 7.05. The summed E-state index contributed by atoms with van der Waals surface area (Å²) < 4.78 is 2.06. The monoisotopic (exact) mass is 245 g/mol. The molecule has 0 amide bonds. The molecule has 1 atom stereocenters. The SMILES string of the molecule is NCC1CNCCN1Cc1cn2ccccc2n1. The second kappa shape index (κ2) is 5.06. The van der Waals surface area contributed by atoms with E-state index in [1.165, 1.54) is 0 Å². The highest BCUT2D eigenvalue weighted by atomic mass is 15.2. The van der Waals surface area contributed by atoms with Crippen LogP contribution in [0.3, 0.4) is 0 Å². The van der Waals surface area contributed by atoms with E-state index in [2.05, 4.69) is 25.8 Å². The number of hydrogen-bond donors (Lipinski definition) is 2. The van der Waals surface area contributed by atoms with Crippen LogP contribution in [0, 0.1) is 0 Å². The van der Waals surface area contributed by atoms with Crippen molar-refractivity contribution in [1.82, 2.24) is 19.6 Å². The zero-order valence-electron chi connectivity index (χ0n) is 10.4. The molecule has 96 valence electrons. The van der Waals surface area contributed by atoms with Crippen LogP contribution in [0.4, 0.5) is 0 Å². The van der Waals surface area contributed by atoms with Crippen molar-refractivity contribution in [2.24, 2.45) is 5.73 Å². The maximum atomic E-state index is 5.82. The number of rotatable bonds is 3. The van der Waals surface area contributed by atoms with Crippen LogP contribution in [0.15, 0.2) is 30.6 Å². The molecule has 0 radical (unpaired) electrons. The summed E-state index contributed by atoms with van der Waals surface area (Å²) in [6.07, 6.45) is 4.13. The van der Waals surface area contributed by atoms with Crippen molar-refractivity contribution >= 4 is 5.65 Å². The smallest absolute Gasteiger partial charge is 0.137 e. The van der Waals surface area contributed by atoms with Gasteiger partial charge in [0, 0.05) is 51.2 Å². The van der Waals surface area contributed by atoms with Crippen molar-refractivity contribution in [2.75, 3.05) is 26.2 Å². The molecule has 2 aromatic rings. The minimum absolute atomic E-state index is 0.420. The van der Waals surface area contributed by atoms with Gasteiger partial charge in [0.15, 0.2) is 0 Å². The quantitative estimate of drug-likeness (QED) is 0.803. The number of nitrogens with zero attached hydrogens (tertiary/aromatic N) is 3. The molecular formula is C13H19N5. The molecule has 2 aromatic heterocycles. The van der Waals surface area contributed by atoms with E-state index in [0.717, 1.165) is 37.5 Å². The number of fused-ring (bicyclic) bond motifs is 1. The molecule has 3 N–H and O–H groups in total. The van der Waals surface area contributed by atoms with E-state index < -0.39 is 0 Å². The van der Waals surface area contributed by atoms with Gasteiger partial charge in [0.1, 0.15) is 5.65 Å². The Morgan fingerprint density at radius 1 is 1.44 bits per heavy atom. The van der Waals surface area contributed by atoms with E-state index in [1.807, 2.05) is 24.4 Å². The average Bonchev–Trinajstić information content (AvgIpc) is 2.81. The summed E-state index contributed by atoms with van der Waals surface area (Å²) in [5, 5.41) is 3.38. The number of piperazine rings is 1. The van der Waals surface area contributed by atoms with Crippen molar-refractivity contribution < 1.29 is 0 Å². The van der Waals surface area contributed by atoms with Crippen molar-refractivity contribution in [3.63, 3.8) is 0 Å². The van der Waals surface area contributed by atoms with E-state index in [1.54, 1.807) is 0 Å². The van der Waals surface area contributed by atoms with Crippen LogP contribution in [0.2, 0.25) is 0 Å². The lowest BCUT2D eigenvalue weighted by Gasteiger charge is -2.34. The molecule has 3 heterocycles. The highest BCUT2D eigenvalue weighted by Gasteiger charge is 2.21. The van der Waals surface area contributed by atoms with Gasteiger partial charge in [-0.3, -0.25) is 4.90 Å². The first kappa shape index (κ1) is 11.6. The Labute approximate surface area is 107 Å². The van der Waals surface area contributed by atoms with Crippen LogP contribution >= 0.6 is 0 Å². The van der Waals surface area contributed by atoms with Gasteiger partial charge in [0.25, 0.3) is 0 Å². The molecule has 0 aliphatic carbocycles. The van der Waals surface area contributed by atoms with Crippen LogP contribution in [-0.4, -0.2) is 46.5 Å². The number of hydrogen-bond acceptors (Lipinski definition) is 4. The molecule has 1 aliphatic rings. The van der Waals surface area contributed by atoms with Crippen molar-refractivity contribution in [1.29, 1.82) is 0 Å². The minimum Gasteiger partial charge on any atom is -0.329 e. The predicted octanol–water partition coefficient (Wildman–Crippen LogP) is 0.0668. The number of nitrogens with one attached hydrogen (secondary N) is 1. The zero-order valence-corrected chi connectivity index (χ0v) is 10.4. The van der Waals surface area contributed by atoms with Crippen LogP contribution in [0.5, 0.6) is 0 Å². The molecular weight excluding hydrogens is 226 g/mol. The normalized spacial score (nSPS) is 21.5. The fourth-order valence-electron chi connectivity index (χ4n) is 2.52. The third-order valence-corrected chi connectivity index (χ3v) is 3.52. The molecule has 0 aromatic carbocycles. The average molecular weight is 245 g/mol. The Kier molecular flexibility index (Phi) is 3.27. The molecule has 1 fully saturated rings. The summed E-state index contributed by atoms with van der Waals surface area (Å²) in [5.41, 5.74) is 7.93. The molecule has 1 aliphatic heterocycles. The topological polar surface area (TPSA) is 58.6 Å². The summed E-state index contributed by atoms with van der Waals surface area (Å²) in [6.45, 7) is 4.62. The highest BCUT2D eigenvalue weighted by Crippen LogP contribution is 2.10. The fourth-order valence-corrected chi connectivity index (χ4v) is 2.52. The van der Waals surface area contributed by atoms with Crippen LogP contribution in [0.1, 0.15) is 5.69 Å². The third-order valence-electron chi connectivity index (χ3n) is 3.52. The maximum absolute atomic E-state index is 5.82. The molecule has 0 saturated carbocycles. The first-order valence-electron chi connectivity index (χ1n) is 6.44. The lowest BCUT2D eigenvalue weighted by molar-refractivity contribution is 0.156. The van der Waals surface area contributed by atoms with Crippen molar-refractivity contribution in [3.8, 4) is 0 Å². The predicted molar refractivity (Wildman–Crippen MR) is 71.3 cm³/mol. The standard InChI is InChI=1S/C13H19N5/c14-7-12-8-15-4-6-17(12)9-11-10-18-5-2-1-3-13(18)16-11/h1-3,5,10,12,15H,4,6-9,14H2. The Balaban J connectivity index is 1.78. The van der Waals surface area contributed by atoms with Gasteiger partial charge in [-0.1, -0.05) is 6.07 Å². The molecule has 0 bridgehead atoms. The molecule has 5 nitrogen and oxygen atoms in total. The first-order valence-corrected chi connectivity index (χ1v) is 6.44. The Bertz CT molecular complexity index is 488. The van der Waals surface area contributed by atoms with Gasteiger partial charge < -0.3 is 15.5 Å². The summed E-state index contributed by atoms with van der Waals surface area (Å²) in [5.74, 6) is 0. The largest absolute Gasteiger partial charge is 0.329 e. The van der Waals surface area contributed by atoms with Gasteiger partial charge in [-0.2, -0.15) is 0 Å². The van der Waals surface area contributed by atoms with Gasteiger partial charge in [0.2, 0.25) is 0 Å². The zero-order chi connectivity index (χ0) is 12.4. The molecule has 3 rings (SSSR count). The van der Waals surface area contributed by atoms with Gasteiger partial charge >= 0.3 is 0 Å². The van der Waals surface area contributed by atoms with Crippen LogP contribution in [-0.2, 0) is 6.54 Å². The van der Waals surface area contributed by atoms with Gasteiger partial charge in [-0.05, 0) is 12.1 Å². The fraction of sp³-hybridized carbons (Fsp3) is 0.462. The van der Waals surface area contributed by atoms with E-state index in [9.17, 15) is 0 Å². The second-order valence-electron chi connectivity index (χ2n) is 4.76. The van der Waals surface area contributed by atoms with Gasteiger partial charge in [-0.25, -0.2) is 4.98 Å². The van der Waals surface area contributed by atoms with Crippen LogP contribution in [0.25, 0.3) is 5.65 Å². The molecule has 0 spiro atoms. The number of imidazole rings is 1. The Hall–Kier alpha value is -1.43. The van der Waals surface area contributed by atoms with E-state index >= 15 is 0 Å². The molecule has 18 heavy (non-hydrogen) atoms. The van der Waals surface area contributed by atoms with E-state index in [0.29, 0.717) is 12.6 Å². The summed E-state index contributed by atoms with van der Waals surface area (Å²) in [7, 11) is 0. The molecule has 1 saturated heterocycles. The minimum atomic E-state index is 0.420. The Morgan fingerprint density at radius 2 is 2.39 bits per heavy atom. The lowest BCUT2D eigenvalue weighted by Crippen LogP contribution is -2.53. The number of nitrogens with two attached hydrogens (primary N) is 1. The van der Waals surface area contributed by atoms with E-state index in [-0.39, 0.29) is 0 Å². The van der Waals surface area contributed by atoms with E-state index in [4.69, 9.17) is 5.73 Å². The highest BCUT2D eigenvalue weighted by molar-refractivity contribution is 5.39. The number of pyridine rings is 1. The molecule has 5 heteroatoms. The third kappa shape index (κ3) is 2.25. The van der Waals surface area contributed by atoms with Crippen molar-refractivity contribution in [3.05, 3.63) is 36.3 Å². The maximum Gasteiger partial charge on any atom is 0.137 e. The van der Waals surface area contributed by atoms with Gasteiger partial charge in [0.05, 0.1) is 5.69 Å².